The van der Waals surface area contributed by atoms with E-state index in [9.17, 15) is 19.5 Å². The SMILES string of the molecule is O=C(COC(=O)[C@@H]1C[C@@H](O)CN1C(=O)OCc1ccccc1)c1ccc(C2CCCCC2)cc1. The summed E-state index contributed by atoms with van der Waals surface area (Å²) >= 11 is 0. The minimum atomic E-state index is -0.986. The maximum atomic E-state index is 12.6. The van der Waals surface area contributed by atoms with Gasteiger partial charge in [0, 0.05) is 12.0 Å². The standard InChI is InChI=1S/C27H31NO6/c29-23-15-24(28(16-23)27(32)34-17-19-7-3-1-4-8-19)26(31)33-18-25(30)22-13-11-21(12-14-22)20-9-5-2-6-10-20/h1,3-4,7-8,11-14,20,23-24,29H,2,5-6,9-10,15-18H2/t23-,24+/m1/s1. The number of nitrogens with zero attached hydrogens (tertiary/aromatic N) is 1. The van der Waals surface area contributed by atoms with Gasteiger partial charge in [0.25, 0.3) is 0 Å². The van der Waals surface area contributed by atoms with Crippen molar-refractivity contribution in [1.29, 1.82) is 0 Å². The number of Topliss-reactive ketones (excluding diaryl/α,β-unsaturated/α-hetero) is 1. The van der Waals surface area contributed by atoms with E-state index in [4.69, 9.17) is 9.47 Å². The maximum Gasteiger partial charge on any atom is 0.410 e. The summed E-state index contributed by atoms with van der Waals surface area (Å²) in [6.07, 6.45) is 4.63. The number of amides is 1. The van der Waals surface area contributed by atoms with Gasteiger partial charge in [0.05, 0.1) is 12.6 Å². The summed E-state index contributed by atoms with van der Waals surface area (Å²) < 4.78 is 10.5. The third kappa shape index (κ3) is 6.03. The van der Waals surface area contributed by atoms with Crippen LogP contribution in [0, 0.1) is 0 Å². The van der Waals surface area contributed by atoms with Gasteiger partial charge < -0.3 is 14.6 Å². The number of esters is 1. The smallest absolute Gasteiger partial charge is 0.410 e. The molecule has 2 atom stereocenters. The third-order valence-electron chi connectivity index (χ3n) is 6.65. The zero-order chi connectivity index (χ0) is 23.9. The number of rotatable bonds is 7. The molecule has 2 aliphatic rings. The first-order valence-corrected chi connectivity index (χ1v) is 12.0. The highest BCUT2D eigenvalue weighted by Gasteiger charge is 2.41. The van der Waals surface area contributed by atoms with Crippen molar-refractivity contribution < 1.29 is 29.0 Å². The molecule has 0 unspecified atom stereocenters. The summed E-state index contributed by atoms with van der Waals surface area (Å²) in [5.41, 5.74) is 2.55. The van der Waals surface area contributed by atoms with Gasteiger partial charge in [-0.3, -0.25) is 9.69 Å². The molecule has 2 aromatic carbocycles. The lowest BCUT2D eigenvalue weighted by molar-refractivity contribution is -0.147. The molecule has 2 fully saturated rings. The average molecular weight is 466 g/mol. The molecule has 1 N–H and O–H groups in total. The van der Waals surface area contributed by atoms with Crippen LogP contribution in [0.2, 0.25) is 0 Å². The topological polar surface area (TPSA) is 93.1 Å². The van der Waals surface area contributed by atoms with Gasteiger partial charge in [-0.25, -0.2) is 9.59 Å². The Hall–Kier alpha value is -3.19. The van der Waals surface area contributed by atoms with E-state index in [1.165, 1.54) is 42.6 Å². The summed E-state index contributed by atoms with van der Waals surface area (Å²) in [5, 5.41) is 10.0. The molecule has 0 radical (unpaired) electrons. The Morgan fingerprint density at radius 3 is 2.32 bits per heavy atom. The van der Waals surface area contributed by atoms with E-state index in [0.717, 1.165) is 5.56 Å². The molecule has 34 heavy (non-hydrogen) atoms. The molecule has 0 spiro atoms. The fraction of sp³-hybridized carbons (Fsp3) is 0.444. The zero-order valence-electron chi connectivity index (χ0n) is 19.2. The van der Waals surface area contributed by atoms with Crippen molar-refractivity contribution in [2.24, 2.45) is 0 Å². The number of β-amino-alcohol motifs (C(OH)–C–C–N with tert-alkyl or cyclic N) is 1. The quantitative estimate of drug-likeness (QED) is 0.486. The minimum absolute atomic E-state index is 0.0238. The molecular weight excluding hydrogens is 434 g/mol. The van der Waals surface area contributed by atoms with E-state index in [1.807, 2.05) is 42.5 Å². The lowest BCUT2D eigenvalue weighted by atomic mass is 9.84. The Morgan fingerprint density at radius 2 is 1.62 bits per heavy atom. The molecule has 0 bridgehead atoms. The largest absolute Gasteiger partial charge is 0.456 e. The Balaban J connectivity index is 1.29. The lowest BCUT2D eigenvalue weighted by Crippen LogP contribution is -2.42. The van der Waals surface area contributed by atoms with Crippen LogP contribution in [0.3, 0.4) is 0 Å². The number of hydrogen-bond acceptors (Lipinski definition) is 6. The Kier molecular flexibility index (Phi) is 7.95. The highest BCUT2D eigenvalue weighted by Crippen LogP contribution is 2.32. The number of aliphatic hydroxyl groups excluding tert-OH is 1. The van der Waals surface area contributed by atoms with E-state index in [-0.39, 0.29) is 25.4 Å². The van der Waals surface area contributed by atoms with Crippen LogP contribution in [-0.2, 0) is 20.9 Å². The van der Waals surface area contributed by atoms with Gasteiger partial charge in [0.15, 0.2) is 12.4 Å². The van der Waals surface area contributed by atoms with Crippen LogP contribution in [-0.4, -0.2) is 53.1 Å². The molecule has 1 saturated carbocycles. The van der Waals surface area contributed by atoms with E-state index in [2.05, 4.69) is 0 Å². The first-order valence-electron chi connectivity index (χ1n) is 12.0. The fourth-order valence-electron chi connectivity index (χ4n) is 4.73. The lowest BCUT2D eigenvalue weighted by Gasteiger charge is -2.22. The number of ketones is 1. The van der Waals surface area contributed by atoms with Gasteiger partial charge in [-0.1, -0.05) is 73.9 Å². The molecule has 1 amide bonds. The molecule has 0 aromatic heterocycles. The van der Waals surface area contributed by atoms with E-state index in [0.29, 0.717) is 11.5 Å². The van der Waals surface area contributed by atoms with Crippen LogP contribution in [0.15, 0.2) is 54.6 Å². The Morgan fingerprint density at radius 1 is 0.912 bits per heavy atom. The Labute approximate surface area is 199 Å². The molecule has 7 heteroatoms. The number of aliphatic hydroxyl groups is 1. The summed E-state index contributed by atoms with van der Waals surface area (Å²) in [6.45, 7) is -0.381. The predicted molar refractivity (Wildman–Crippen MR) is 125 cm³/mol. The maximum absolute atomic E-state index is 12.6. The molecule has 4 rings (SSSR count). The van der Waals surface area contributed by atoms with Gasteiger partial charge in [-0.05, 0) is 29.9 Å². The number of benzene rings is 2. The summed E-state index contributed by atoms with van der Waals surface area (Å²) in [7, 11) is 0. The van der Waals surface area contributed by atoms with Gasteiger partial charge in [0.1, 0.15) is 12.6 Å². The molecule has 1 heterocycles. The van der Waals surface area contributed by atoms with Crippen LogP contribution < -0.4 is 0 Å². The van der Waals surface area contributed by atoms with E-state index < -0.39 is 30.8 Å². The molecule has 1 aliphatic heterocycles. The number of carbonyl (C=O) groups excluding carboxylic acids is 3. The van der Waals surface area contributed by atoms with Crippen molar-refractivity contribution in [2.75, 3.05) is 13.2 Å². The summed E-state index contributed by atoms with van der Waals surface area (Å²) in [5.74, 6) is -0.474. The number of carbonyl (C=O) groups is 3. The van der Waals surface area contributed by atoms with Crippen molar-refractivity contribution >= 4 is 17.8 Å². The molecular formula is C27H31NO6. The van der Waals surface area contributed by atoms with Crippen LogP contribution in [0.1, 0.15) is 65.9 Å². The van der Waals surface area contributed by atoms with Gasteiger partial charge in [-0.2, -0.15) is 0 Å². The fourth-order valence-corrected chi connectivity index (χ4v) is 4.73. The van der Waals surface area contributed by atoms with Gasteiger partial charge in [-0.15, -0.1) is 0 Å². The first-order chi connectivity index (χ1) is 16.5. The minimum Gasteiger partial charge on any atom is -0.456 e. The summed E-state index contributed by atoms with van der Waals surface area (Å²) in [6, 6.07) is 15.7. The molecule has 7 nitrogen and oxygen atoms in total. The van der Waals surface area contributed by atoms with E-state index >= 15 is 0 Å². The molecule has 1 saturated heterocycles. The second kappa shape index (κ2) is 11.3. The number of hydrogen-bond donors (Lipinski definition) is 1. The van der Waals surface area contributed by atoms with E-state index in [1.54, 1.807) is 12.1 Å². The van der Waals surface area contributed by atoms with Gasteiger partial charge in [0.2, 0.25) is 0 Å². The van der Waals surface area contributed by atoms with Crippen molar-refractivity contribution in [3.8, 4) is 0 Å². The predicted octanol–water partition coefficient (Wildman–Crippen LogP) is 4.23. The monoisotopic (exact) mass is 465 g/mol. The van der Waals surface area contributed by atoms with Crippen LogP contribution >= 0.6 is 0 Å². The average Bonchev–Trinajstić information content (AvgIpc) is 3.28. The highest BCUT2D eigenvalue weighted by atomic mass is 16.6. The van der Waals surface area contributed by atoms with Crippen LogP contribution in [0.25, 0.3) is 0 Å². The number of ether oxygens (including phenoxy) is 2. The third-order valence-corrected chi connectivity index (χ3v) is 6.65. The first kappa shape index (κ1) is 24.0. The zero-order valence-corrected chi connectivity index (χ0v) is 19.2. The van der Waals surface area contributed by atoms with Gasteiger partial charge >= 0.3 is 12.1 Å². The normalized spacial score (nSPS) is 20.7. The van der Waals surface area contributed by atoms with Crippen molar-refractivity contribution in [3.63, 3.8) is 0 Å². The molecule has 1 aliphatic carbocycles. The highest BCUT2D eigenvalue weighted by molar-refractivity contribution is 5.98. The second-order valence-corrected chi connectivity index (χ2v) is 9.09. The van der Waals surface area contributed by atoms with Crippen molar-refractivity contribution in [1.82, 2.24) is 4.90 Å². The molecule has 2 aromatic rings. The number of likely N-dealkylation sites (tertiary alicyclic amines) is 1. The molecule has 180 valence electrons. The summed E-state index contributed by atoms with van der Waals surface area (Å²) in [4.78, 5) is 38.9. The van der Waals surface area contributed by atoms with Crippen molar-refractivity contribution in [2.45, 2.75) is 63.2 Å². The second-order valence-electron chi connectivity index (χ2n) is 9.09. The van der Waals surface area contributed by atoms with Crippen LogP contribution in [0.5, 0.6) is 0 Å². The van der Waals surface area contributed by atoms with Crippen LogP contribution in [0.4, 0.5) is 4.79 Å². The van der Waals surface area contributed by atoms with Crippen molar-refractivity contribution in [3.05, 3.63) is 71.3 Å². The Bertz CT molecular complexity index is 984.